The normalized spacial score (nSPS) is 12.1. The van der Waals surface area contributed by atoms with Crippen LogP contribution in [0.4, 0.5) is 0 Å². The lowest BCUT2D eigenvalue weighted by atomic mass is 9.87. The zero-order valence-corrected chi connectivity index (χ0v) is 19.6. The number of hydrogen-bond acceptors (Lipinski definition) is 3. The summed E-state index contributed by atoms with van der Waals surface area (Å²) in [6.07, 6.45) is 1.89. The Morgan fingerprint density at radius 2 is 1.53 bits per heavy atom. The highest BCUT2D eigenvalue weighted by Gasteiger charge is 2.18. The van der Waals surface area contributed by atoms with Crippen LogP contribution in [0.1, 0.15) is 43.0 Å². The molecule has 0 radical (unpaired) electrons. The topological polar surface area (TPSA) is 38.9 Å². The first kappa shape index (κ1) is 20.4. The Hall–Kier alpha value is -3.46. The van der Waals surface area contributed by atoms with Crippen LogP contribution in [0.25, 0.3) is 44.6 Å². The zero-order chi connectivity index (χ0) is 22.6. The van der Waals surface area contributed by atoms with Gasteiger partial charge in [0.05, 0.1) is 11.4 Å². The Morgan fingerprint density at radius 1 is 0.781 bits per heavy atom. The third-order valence-electron chi connectivity index (χ3n) is 6.20. The van der Waals surface area contributed by atoms with Gasteiger partial charge in [-0.3, -0.25) is 4.98 Å². The van der Waals surface area contributed by atoms with Crippen LogP contribution in [-0.4, -0.2) is 9.97 Å². The lowest BCUT2D eigenvalue weighted by Gasteiger charge is -2.19. The number of rotatable bonds is 2. The van der Waals surface area contributed by atoms with Gasteiger partial charge < -0.3 is 4.42 Å². The Balaban J connectivity index is 1.71. The molecule has 0 N–H and O–H groups in total. The van der Waals surface area contributed by atoms with E-state index in [4.69, 9.17) is 9.40 Å². The minimum Gasteiger partial charge on any atom is -0.437 e. The molecule has 160 valence electrons. The fraction of sp³-hybridized carbons (Fsp3) is 0.241. The standard InChI is InChI=1S/C29H28N2O/c1-17-14-18(2)26(19(3)15-17)24-11-10-22-21-8-7-9-23(27(21)32-28(22)31-24)25-16-20(12-13-30-25)29(4,5)6/h7-16H,1-6H3. The second-order valence-corrected chi connectivity index (χ2v) is 9.79. The predicted molar refractivity (Wildman–Crippen MR) is 133 cm³/mol. The van der Waals surface area contributed by atoms with Gasteiger partial charge in [0.15, 0.2) is 0 Å². The molecule has 5 aromatic rings. The van der Waals surface area contributed by atoms with Crippen LogP contribution in [0.5, 0.6) is 0 Å². The Morgan fingerprint density at radius 3 is 2.25 bits per heavy atom. The van der Waals surface area contributed by atoms with Gasteiger partial charge >= 0.3 is 0 Å². The number of aryl methyl sites for hydroxylation is 3. The summed E-state index contributed by atoms with van der Waals surface area (Å²) in [6, 6.07) is 19.1. The summed E-state index contributed by atoms with van der Waals surface area (Å²) in [7, 11) is 0. The Bertz CT molecular complexity index is 1460. The highest BCUT2D eigenvalue weighted by Crippen LogP contribution is 2.37. The molecule has 0 atom stereocenters. The van der Waals surface area contributed by atoms with E-state index < -0.39 is 0 Å². The lowest BCUT2D eigenvalue weighted by molar-refractivity contribution is 0.589. The monoisotopic (exact) mass is 420 g/mol. The van der Waals surface area contributed by atoms with Crippen LogP contribution >= 0.6 is 0 Å². The summed E-state index contributed by atoms with van der Waals surface area (Å²) in [4.78, 5) is 9.60. The molecule has 0 fully saturated rings. The quantitative estimate of drug-likeness (QED) is 0.291. The van der Waals surface area contributed by atoms with Crippen LogP contribution < -0.4 is 0 Å². The molecule has 0 aliphatic carbocycles. The summed E-state index contributed by atoms with van der Waals surface area (Å²) in [5, 5.41) is 2.09. The van der Waals surface area contributed by atoms with Crippen molar-refractivity contribution in [1.82, 2.24) is 9.97 Å². The number of pyridine rings is 2. The maximum atomic E-state index is 6.38. The summed E-state index contributed by atoms with van der Waals surface area (Å²) >= 11 is 0. The summed E-state index contributed by atoms with van der Waals surface area (Å²) in [6.45, 7) is 13.1. The molecule has 0 aliphatic rings. The van der Waals surface area contributed by atoms with Crippen molar-refractivity contribution in [1.29, 1.82) is 0 Å². The van der Waals surface area contributed by atoms with E-state index in [0.717, 1.165) is 33.3 Å². The fourth-order valence-electron chi connectivity index (χ4n) is 4.65. The van der Waals surface area contributed by atoms with E-state index in [0.29, 0.717) is 5.71 Å². The molecule has 5 rings (SSSR count). The van der Waals surface area contributed by atoms with Gasteiger partial charge in [-0.05, 0) is 73.2 Å². The summed E-state index contributed by atoms with van der Waals surface area (Å²) in [5.41, 5.74) is 10.6. The van der Waals surface area contributed by atoms with Crippen molar-refractivity contribution >= 4 is 22.1 Å². The van der Waals surface area contributed by atoms with Crippen LogP contribution in [0.3, 0.4) is 0 Å². The molecule has 0 spiro atoms. The van der Waals surface area contributed by atoms with Crippen molar-refractivity contribution < 1.29 is 4.42 Å². The Kier molecular flexibility index (Phi) is 4.67. The summed E-state index contributed by atoms with van der Waals surface area (Å²) < 4.78 is 6.38. The molecule has 32 heavy (non-hydrogen) atoms. The second kappa shape index (κ2) is 7.30. The van der Waals surface area contributed by atoms with E-state index in [9.17, 15) is 0 Å². The lowest BCUT2D eigenvalue weighted by Crippen LogP contribution is -2.11. The van der Waals surface area contributed by atoms with Gasteiger partial charge in [-0.15, -0.1) is 0 Å². The first-order valence-electron chi connectivity index (χ1n) is 11.1. The average Bonchev–Trinajstić information content (AvgIpc) is 3.10. The number of furan rings is 1. The van der Waals surface area contributed by atoms with E-state index in [1.54, 1.807) is 0 Å². The van der Waals surface area contributed by atoms with Crippen LogP contribution in [0, 0.1) is 20.8 Å². The van der Waals surface area contributed by atoms with Crippen molar-refractivity contribution in [3.8, 4) is 22.5 Å². The third kappa shape index (κ3) is 3.38. The number of benzene rings is 2. The number of hydrogen-bond donors (Lipinski definition) is 0. The average molecular weight is 421 g/mol. The minimum absolute atomic E-state index is 0.0552. The van der Waals surface area contributed by atoms with Crippen molar-refractivity contribution in [2.24, 2.45) is 0 Å². The molecule has 3 aromatic heterocycles. The fourth-order valence-corrected chi connectivity index (χ4v) is 4.65. The van der Waals surface area contributed by atoms with Crippen molar-refractivity contribution in [3.05, 3.63) is 83.0 Å². The molecule has 0 saturated heterocycles. The van der Waals surface area contributed by atoms with Crippen LogP contribution in [-0.2, 0) is 5.41 Å². The Labute approximate surface area is 189 Å². The molecular weight excluding hydrogens is 392 g/mol. The molecular formula is C29H28N2O. The highest BCUT2D eigenvalue weighted by atomic mass is 16.3. The minimum atomic E-state index is 0.0552. The maximum Gasteiger partial charge on any atom is 0.227 e. The van der Waals surface area contributed by atoms with Crippen molar-refractivity contribution in [3.63, 3.8) is 0 Å². The number of aromatic nitrogens is 2. The van der Waals surface area contributed by atoms with Gasteiger partial charge in [0.2, 0.25) is 5.71 Å². The van der Waals surface area contributed by atoms with Gasteiger partial charge in [-0.2, -0.15) is 0 Å². The predicted octanol–water partition coefficient (Wildman–Crippen LogP) is 7.93. The molecule has 0 unspecified atom stereocenters. The molecule has 3 nitrogen and oxygen atoms in total. The first-order valence-corrected chi connectivity index (χ1v) is 11.1. The molecule has 0 amide bonds. The third-order valence-corrected chi connectivity index (χ3v) is 6.20. The van der Waals surface area contributed by atoms with Gasteiger partial charge in [0.1, 0.15) is 5.58 Å². The second-order valence-electron chi connectivity index (χ2n) is 9.79. The zero-order valence-electron chi connectivity index (χ0n) is 19.6. The van der Waals surface area contributed by atoms with Crippen LogP contribution in [0.15, 0.2) is 65.2 Å². The van der Waals surface area contributed by atoms with E-state index in [1.807, 2.05) is 6.20 Å². The van der Waals surface area contributed by atoms with Gasteiger partial charge in [0, 0.05) is 28.1 Å². The highest BCUT2D eigenvalue weighted by molar-refractivity contribution is 6.08. The van der Waals surface area contributed by atoms with E-state index in [2.05, 4.69) is 101 Å². The SMILES string of the molecule is Cc1cc(C)c(-c2ccc3c(n2)oc2c(-c4cc(C(C)(C)C)ccn4)cccc23)c(C)c1. The van der Waals surface area contributed by atoms with Gasteiger partial charge in [-0.25, -0.2) is 4.98 Å². The molecule has 3 heteroatoms. The molecule has 3 heterocycles. The number of para-hydroxylation sites is 1. The molecule has 0 saturated carbocycles. The van der Waals surface area contributed by atoms with Crippen LogP contribution in [0.2, 0.25) is 0 Å². The number of nitrogens with zero attached hydrogens (tertiary/aromatic N) is 2. The van der Waals surface area contributed by atoms with Gasteiger partial charge in [0.25, 0.3) is 0 Å². The first-order chi connectivity index (χ1) is 15.2. The van der Waals surface area contributed by atoms with Crippen molar-refractivity contribution in [2.75, 3.05) is 0 Å². The smallest absolute Gasteiger partial charge is 0.227 e. The van der Waals surface area contributed by atoms with Crippen molar-refractivity contribution in [2.45, 2.75) is 47.0 Å². The van der Waals surface area contributed by atoms with E-state index >= 15 is 0 Å². The molecule has 0 bridgehead atoms. The van der Waals surface area contributed by atoms with Gasteiger partial charge in [-0.1, -0.05) is 50.6 Å². The summed E-state index contributed by atoms with van der Waals surface area (Å²) in [5.74, 6) is 0. The largest absolute Gasteiger partial charge is 0.437 e. The molecule has 2 aromatic carbocycles. The van der Waals surface area contributed by atoms with E-state index in [1.165, 1.54) is 27.8 Å². The van der Waals surface area contributed by atoms with E-state index in [-0.39, 0.29) is 5.41 Å². The maximum absolute atomic E-state index is 6.38. The number of fused-ring (bicyclic) bond motifs is 3. The molecule has 0 aliphatic heterocycles.